The van der Waals surface area contributed by atoms with Gasteiger partial charge in [-0.05, 0) is 48.6 Å². The van der Waals surface area contributed by atoms with E-state index in [1.54, 1.807) is 0 Å². The first kappa shape index (κ1) is 13.2. The van der Waals surface area contributed by atoms with E-state index in [9.17, 15) is 0 Å². The van der Waals surface area contributed by atoms with Crippen molar-refractivity contribution in [1.29, 1.82) is 0 Å². The van der Waals surface area contributed by atoms with E-state index in [-0.39, 0.29) is 0 Å². The molecular weight excluding hydrogens is 222 g/mol. The molecule has 0 saturated heterocycles. The molecule has 0 fully saturated rings. The van der Waals surface area contributed by atoms with Gasteiger partial charge in [-0.25, -0.2) is 0 Å². The van der Waals surface area contributed by atoms with E-state index in [1.165, 1.54) is 16.7 Å². The van der Waals surface area contributed by atoms with Crippen LogP contribution in [0.15, 0.2) is 29.8 Å². The Labute approximate surface area is 110 Å². The minimum atomic E-state index is 0.547. The zero-order valence-electron chi connectivity index (χ0n) is 11.6. The highest BCUT2D eigenvalue weighted by Gasteiger charge is 2.07. The highest BCUT2D eigenvalue weighted by Crippen LogP contribution is 2.24. The third-order valence-electron chi connectivity index (χ3n) is 3.45. The van der Waals surface area contributed by atoms with Gasteiger partial charge in [0, 0.05) is 6.54 Å². The predicted molar refractivity (Wildman–Crippen MR) is 76.3 cm³/mol. The summed E-state index contributed by atoms with van der Waals surface area (Å²) < 4.78 is 5.97. The van der Waals surface area contributed by atoms with E-state index < -0.39 is 0 Å². The molecule has 0 aliphatic carbocycles. The van der Waals surface area contributed by atoms with Gasteiger partial charge in [0.1, 0.15) is 12.4 Å². The highest BCUT2D eigenvalue weighted by atomic mass is 16.5. The fraction of sp³-hybridized carbons (Fsp3) is 0.500. The maximum Gasteiger partial charge on any atom is 0.122 e. The molecule has 0 atom stereocenters. The van der Waals surface area contributed by atoms with Crippen molar-refractivity contribution in [2.45, 2.75) is 33.1 Å². The Morgan fingerprint density at radius 3 is 2.83 bits per heavy atom. The van der Waals surface area contributed by atoms with Gasteiger partial charge in [0.2, 0.25) is 0 Å². The van der Waals surface area contributed by atoms with E-state index in [2.05, 4.69) is 50.4 Å². The molecule has 0 unspecified atom stereocenters. The summed E-state index contributed by atoms with van der Waals surface area (Å²) in [7, 11) is 0. The molecule has 1 aromatic carbocycles. The second kappa shape index (κ2) is 6.05. The van der Waals surface area contributed by atoms with Crippen molar-refractivity contribution in [3.05, 3.63) is 41.0 Å². The van der Waals surface area contributed by atoms with Crippen LogP contribution in [0, 0.1) is 6.92 Å². The third kappa shape index (κ3) is 3.36. The average molecular weight is 245 g/mol. The van der Waals surface area contributed by atoms with Gasteiger partial charge < -0.3 is 10.1 Å². The maximum atomic E-state index is 5.97. The van der Waals surface area contributed by atoms with E-state index >= 15 is 0 Å². The smallest absolute Gasteiger partial charge is 0.122 e. The zero-order chi connectivity index (χ0) is 13.0. The minimum Gasteiger partial charge on any atom is -0.489 e. The molecule has 1 heterocycles. The average Bonchev–Trinajstić information content (AvgIpc) is 2.38. The van der Waals surface area contributed by atoms with Gasteiger partial charge in [-0.3, -0.25) is 0 Å². The van der Waals surface area contributed by atoms with Crippen molar-refractivity contribution in [3.8, 4) is 5.75 Å². The molecule has 1 aromatic rings. The number of hydrogen-bond acceptors (Lipinski definition) is 2. The van der Waals surface area contributed by atoms with Gasteiger partial charge in [-0.2, -0.15) is 0 Å². The van der Waals surface area contributed by atoms with E-state index in [4.69, 9.17) is 4.74 Å². The maximum absolute atomic E-state index is 5.97. The van der Waals surface area contributed by atoms with Gasteiger partial charge in [0.25, 0.3) is 0 Å². The molecule has 18 heavy (non-hydrogen) atoms. The second-order valence-electron chi connectivity index (χ2n) is 5.28. The Kier molecular flexibility index (Phi) is 4.43. The lowest BCUT2D eigenvalue weighted by atomic mass is 10.0. The molecule has 0 spiro atoms. The first-order valence-corrected chi connectivity index (χ1v) is 6.79. The van der Waals surface area contributed by atoms with Crippen molar-refractivity contribution in [1.82, 2.24) is 5.32 Å². The van der Waals surface area contributed by atoms with Crippen LogP contribution in [0.1, 0.15) is 37.3 Å². The van der Waals surface area contributed by atoms with Gasteiger partial charge >= 0.3 is 0 Å². The molecule has 0 saturated carbocycles. The summed E-state index contributed by atoms with van der Waals surface area (Å²) in [6, 6.07) is 6.53. The van der Waals surface area contributed by atoms with Crippen LogP contribution in [0.3, 0.4) is 0 Å². The topological polar surface area (TPSA) is 21.3 Å². The van der Waals surface area contributed by atoms with Crippen LogP contribution in [0.25, 0.3) is 0 Å². The van der Waals surface area contributed by atoms with E-state index in [0.717, 1.165) is 31.9 Å². The summed E-state index contributed by atoms with van der Waals surface area (Å²) in [6.45, 7) is 9.30. The number of hydrogen-bond donors (Lipinski definition) is 1. The van der Waals surface area contributed by atoms with Crippen LogP contribution in [-0.4, -0.2) is 19.7 Å². The third-order valence-corrected chi connectivity index (χ3v) is 3.45. The summed E-state index contributed by atoms with van der Waals surface area (Å²) in [5, 5.41) is 3.32. The molecule has 0 amide bonds. The Bertz CT molecular complexity index is 435. The normalized spacial score (nSPS) is 15.7. The second-order valence-corrected chi connectivity index (χ2v) is 5.28. The number of ether oxygens (including phenoxy) is 1. The quantitative estimate of drug-likeness (QED) is 0.821. The van der Waals surface area contributed by atoms with Gasteiger partial charge in [-0.15, -0.1) is 0 Å². The molecule has 2 nitrogen and oxygen atoms in total. The minimum absolute atomic E-state index is 0.547. The van der Waals surface area contributed by atoms with E-state index in [0.29, 0.717) is 5.92 Å². The summed E-state index contributed by atoms with van der Waals surface area (Å²) >= 11 is 0. The summed E-state index contributed by atoms with van der Waals surface area (Å²) in [5.74, 6) is 1.58. The molecule has 1 N–H and O–H groups in total. The van der Waals surface area contributed by atoms with Crippen LogP contribution >= 0.6 is 0 Å². The first-order chi connectivity index (χ1) is 8.66. The molecule has 98 valence electrons. The lowest BCUT2D eigenvalue weighted by Gasteiger charge is -2.17. The Morgan fingerprint density at radius 2 is 2.17 bits per heavy atom. The van der Waals surface area contributed by atoms with Crippen LogP contribution in [0.2, 0.25) is 0 Å². The fourth-order valence-corrected chi connectivity index (χ4v) is 2.10. The molecule has 0 bridgehead atoms. The molecule has 0 radical (unpaired) electrons. The molecule has 2 heteroatoms. The van der Waals surface area contributed by atoms with Crippen molar-refractivity contribution in [3.63, 3.8) is 0 Å². The van der Waals surface area contributed by atoms with Gasteiger partial charge in [0.05, 0.1) is 0 Å². The van der Waals surface area contributed by atoms with Crippen LogP contribution < -0.4 is 10.1 Å². The van der Waals surface area contributed by atoms with Crippen LogP contribution in [0.5, 0.6) is 5.75 Å². The van der Waals surface area contributed by atoms with Crippen LogP contribution in [-0.2, 0) is 0 Å². The number of rotatable bonds is 4. The van der Waals surface area contributed by atoms with E-state index in [1.807, 2.05) is 0 Å². The monoisotopic (exact) mass is 245 g/mol. The summed E-state index contributed by atoms with van der Waals surface area (Å²) in [6.07, 6.45) is 3.34. The number of aryl methyl sites for hydroxylation is 1. The summed E-state index contributed by atoms with van der Waals surface area (Å²) in [4.78, 5) is 0. The highest BCUT2D eigenvalue weighted by molar-refractivity contribution is 5.38. The molecule has 1 aliphatic rings. The Morgan fingerprint density at radius 1 is 1.33 bits per heavy atom. The van der Waals surface area contributed by atoms with Gasteiger partial charge in [0.15, 0.2) is 0 Å². The predicted octanol–water partition coefficient (Wildman–Crippen LogP) is 3.42. The first-order valence-electron chi connectivity index (χ1n) is 6.79. The van der Waals surface area contributed by atoms with Crippen LogP contribution in [0.4, 0.5) is 0 Å². The standard InChI is InChI=1S/C16H23NO/c1-12(2)15-5-4-13(3)16(10-15)18-11-14-6-8-17-9-7-14/h4-6,10,12,17H,7-9,11H2,1-3H3. The van der Waals surface area contributed by atoms with Crippen molar-refractivity contribution in [2.75, 3.05) is 19.7 Å². The van der Waals surface area contributed by atoms with Crippen molar-refractivity contribution < 1.29 is 4.74 Å². The Balaban J connectivity index is 2.03. The largest absolute Gasteiger partial charge is 0.489 e. The summed E-state index contributed by atoms with van der Waals surface area (Å²) in [5.41, 5.74) is 3.96. The number of benzene rings is 1. The molecule has 2 rings (SSSR count). The molecule has 0 aromatic heterocycles. The molecular formula is C16H23NO. The van der Waals surface area contributed by atoms with Crippen molar-refractivity contribution in [2.24, 2.45) is 0 Å². The zero-order valence-corrected chi connectivity index (χ0v) is 11.6. The fourth-order valence-electron chi connectivity index (χ4n) is 2.10. The molecule has 1 aliphatic heterocycles. The lowest BCUT2D eigenvalue weighted by molar-refractivity contribution is 0.341. The number of nitrogens with one attached hydrogen (secondary N) is 1. The Hall–Kier alpha value is -1.28. The van der Waals surface area contributed by atoms with Crippen molar-refractivity contribution >= 4 is 0 Å². The SMILES string of the molecule is Cc1ccc(C(C)C)cc1OCC1=CCNCC1. The lowest BCUT2D eigenvalue weighted by Crippen LogP contribution is -2.22. The van der Waals surface area contributed by atoms with Gasteiger partial charge in [-0.1, -0.05) is 32.1 Å².